The van der Waals surface area contributed by atoms with Gasteiger partial charge in [-0.25, -0.2) is 4.39 Å². The summed E-state index contributed by atoms with van der Waals surface area (Å²) in [5, 5.41) is 3.37. The van der Waals surface area contributed by atoms with Crippen molar-refractivity contribution in [3.8, 4) is 0 Å². The Kier molecular flexibility index (Phi) is 5.80. The van der Waals surface area contributed by atoms with Crippen LogP contribution in [0.4, 0.5) is 4.39 Å². The van der Waals surface area contributed by atoms with Crippen molar-refractivity contribution in [1.29, 1.82) is 0 Å². The molecular formula is C16H25FN2. The Morgan fingerprint density at radius 3 is 2.63 bits per heavy atom. The highest BCUT2D eigenvalue weighted by atomic mass is 19.1. The zero-order valence-corrected chi connectivity index (χ0v) is 11.9. The van der Waals surface area contributed by atoms with Crippen LogP contribution in [0.3, 0.4) is 0 Å². The van der Waals surface area contributed by atoms with E-state index in [1.54, 1.807) is 12.1 Å². The molecule has 0 aliphatic carbocycles. The monoisotopic (exact) mass is 264 g/mol. The molecule has 1 N–H and O–H groups in total. The van der Waals surface area contributed by atoms with Gasteiger partial charge < -0.3 is 5.32 Å². The Hall–Kier alpha value is -0.930. The smallest absolute Gasteiger partial charge is 0.127 e. The SMILES string of the molecule is CCCCC[C@H](c1ccccc1F)N1CCNCC1. The van der Waals surface area contributed by atoms with Crippen molar-refractivity contribution in [3.63, 3.8) is 0 Å². The van der Waals surface area contributed by atoms with Crippen molar-refractivity contribution in [3.05, 3.63) is 35.6 Å². The number of halogens is 1. The summed E-state index contributed by atoms with van der Waals surface area (Å²) in [5.74, 6) is -0.0532. The van der Waals surface area contributed by atoms with Crippen LogP contribution in [0.5, 0.6) is 0 Å². The molecule has 2 nitrogen and oxygen atoms in total. The minimum absolute atomic E-state index is 0.0532. The fraction of sp³-hybridized carbons (Fsp3) is 0.625. The van der Waals surface area contributed by atoms with Gasteiger partial charge in [0.1, 0.15) is 5.82 Å². The molecule has 0 radical (unpaired) electrons. The van der Waals surface area contributed by atoms with Crippen LogP contribution >= 0.6 is 0 Å². The van der Waals surface area contributed by atoms with Crippen molar-refractivity contribution in [2.45, 2.75) is 38.6 Å². The van der Waals surface area contributed by atoms with Crippen LogP contribution in [-0.2, 0) is 0 Å². The third-order valence-electron chi connectivity index (χ3n) is 3.94. The summed E-state index contributed by atoms with van der Waals surface area (Å²) in [5.41, 5.74) is 0.875. The normalized spacial score (nSPS) is 18.4. The van der Waals surface area contributed by atoms with Gasteiger partial charge in [0.25, 0.3) is 0 Å². The largest absolute Gasteiger partial charge is 0.314 e. The van der Waals surface area contributed by atoms with Gasteiger partial charge in [0.15, 0.2) is 0 Å². The van der Waals surface area contributed by atoms with E-state index in [9.17, 15) is 4.39 Å². The van der Waals surface area contributed by atoms with Crippen molar-refractivity contribution < 1.29 is 4.39 Å². The molecule has 19 heavy (non-hydrogen) atoms. The van der Waals surface area contributed by atoms with Crippen molar-refractivity contribution >= 4 is 0 Å². The van der Waals surface area contributed by atoms with E-state index in [-0.39, 0.29) is 11.9 Å². The van der Waals surface area contributed by atoms with E-state index in [1.165, 1.54) is 19.3 Å². The van der Waals surface area contributed by atoms with Gasteiger partial charge in [0, 0.05) is 37.8 Å². The lowest BCUT2D eigenvalue weighted by atomic mass is 9.97. The first-order valence-electron chi connectivity index (χ1n) is 7.52. The topological polar surface area (TPSA) is 15.3 Å². The molecule has 1 fully saturated rings. The number of rotatable bonds is 6. The first-order valence-corrected chi connectivity index (χ1v) is 7.52. The van der Waals surface area contributed by atoms with E-state index >= 15 is 0 Å². The molecule has 1 heterocycles. The predicted molar refractivity (Wildman–Crippen MR) is 77.7 cm³/mol. The van der Waals surface area contributed by atoms with E-state index in [0.717, 1.165) is 38.2 Å². The molecule has 1 aromatic carbocycles. The molecule has 1 saturated heterocycles. The lowest BCUT2D eigenvalue weighted by molar-refractivity contribution is 0.159. The summed E-state index contributed by atoms with van der Waals surface area (Å²) in [6, 6.07) is 7.51. The lowest BCUT2D eigenvalue weighted by Crippen LogP contribution is -2.45. The van der Waals surface area contributed by atoms with Crippen LogP contribution in [0, 0.1) is 5.82 Å². The predicted octanol–water partition coefficient (Wildman–Crippen LogP) is 3.35. The molecule has 1 aromatic rings. The number of nitrogens with zero attached hydrogens (tertiary/aromatic N) is 1. The maximum atomic E-state index is 14.1. The number of hydrogen-bond acceptors (Lipinski definition) is 2. The van der Waals surface area contributed by atoms with Gasteiger partial charge in [-0.15, -0.1) is 0 Å². The summed E-state index contributed by atoms with van der Waals surface area (Å²) >= 11 is 0. The van der Waals surface area contributed by atoms with E-state index in [1.807, 2.05) is 12.1 Å². The standard InChI is InChI=1S/C16H25FN2/c1-2-3-4-9-16(19-12-10-18-11-13-19)14-7-5-6-8-15(14)17/h5-8,16,18H,2-4,9-13H2,1H3/t16-/m1/s1. The molecule has 3 heteroatoms. The summed E-state index contributed by atoms with van der Waals surface area (Å²) < 4.78 is 14.1. The average molecular weight is 264 g/mol. The highest BCUT2D eigenvalue weighted by Crippen LogP contribution is 2.28. The third-order valence-corrected chi connectivity index (χ3v) is 3.94. The Balaban J connectivity index is 2.10. The number of unbranched alkanes of at least 4 members (excludes halogenated alkanes) is 2. The van der Waals surface area contributed by atoms with Gasteiger partial charge in [-0.3, -0.25) is 4.90 Å². The van der Waals surface area contributed by atoms with Crippen molar-refractivity contribution in [2.24, 2.45) is 0 Å². The number of nitrogens with one attached hydrogen (secondary N) is 1. The van der Waals surface area contributed by atoms with E-state index in [4.69, 9.17) is 0 Å². The van der Waals surface area contributed by atoms with Crippen molar-refractivity contribution in [2.75, 3.05) is 26.2 Å². The summed E-state index contributed by atoms with van der Waals surface area (Å²) in [6.45, 7) is 6.27. The summed E-state index contributed by atoms with van der Waals surface area (Å²) in [7, 11) is 0. The molecule has 0 amide bonds. The van der Waals surface area contributed by atoms with Crippen LogP contribution < -0.4 is 5.32 Å². The minimum atomic E-state index is -0.0532. The second kappa shape index (κ2) is 7.61. The molecule has 1 aliphatic rings. The van der Waals surface area contributed by atoms with Gasteiger partial charge in [0.2, 0.25) is 0 Å². The van der Waals surface area contributed by atoms with Crippen molar-refractivity contribution in [1.82, 2.24) is 10.2 Å². The van der Waals surface area contributed by atoms with Gasteiger partial charge in [-0.1, -0.05) is 44.4 Å². The Morgan fingerprint density at radius 2 is 1.95 bits per heavy atom. The molecule has 106 valence electrons. The quantitative estimate of drug-likeness (QED) is 0.793. The Morgan fingerprint density at radius 1 is 1.21 bits per heavy atom. The van der Waals surface area contributed by atoms with Crippen LogP contribution in [0.15, 0.2) is 24.3 Å². The molecule has 1 aliphatic heterocycles. The highest BCUT2D eigenvalue weighted by molar-refractivity contribution is 5.21. The molecule has 1 atom stereocenters. The molecule has 0 saturated carbocycles. The molecule has 2 rings (SSSR count). The molecule has 0 aromatic heterocycles. The molecule has 0 unspecified atom stereocenters. The molecular weight excluding hydrogens is 239 g/mol. The van der Waals surface area contributed by atoms with Gasteiger partial charge in [-0.2, -0.15) is 0 Å². The average Bonchev–Trinajstić information content (AvgIpc) is 2.46. The fourth-order valence-corrected chi connectivity index (χ4v) is 2.86. The fourth-order valence-electron chi connectivity index (χ4n) is 2.86. The summed E-state index contributed by atoms with van der Waals surface area (Å²) in [4.78, 5) is 2.44. The van der Waals surface area contributed by atoms with Crippen LogP contribution in [0.2, 0.25) is 0 Å². The zero-order valence-electron chi connectivity index (χ0n) is 11.9. The minimum Gasteiger partial charge on any atom is -0.314 e. The first kappa shape index (κ1) is 14.5. The zero-order chi connectivity index (χ0) is 13.5. The van der Waals surface area contributed by atoms with Crippen LogP contribution in [0.1, 0.15) is 44.2 Å². The van der Waals surface area contributed by atoms with E-state index in [2.05, 4.69) is 17.1 Å². The molecule has 0 spiro atoms. The van der Waals surface area contributed by atoms with Crippen LogP contribution in [-0.4, -0.2) is 31.1 Å². The number of benzene rings is 1. The van der Waals surface area contributed by atoms with E-state index in [0.29, 0.717) is 0 Å². The Bertz CT molecular complexity index is 375. The van der Waals surface area contributed by atoms with E-state index < -0.39 is 0 Å². The van der Waals surface area contributed by atoms with Gasteiger partial charge in [0.05, 0.1) is 0 Å². The summed E-state index contributed by atoms with van der Waals surface area (Å²) in [6.07, 6.45) is 4.69. The second-order valence-corrected chi connectivity index (χ2v) is 5.32. The number of piperazine rings is 1. The third kappa shape index (κ3) is 4.02. The lowest BCUT2D eigenvalue weighted by Gasteiger charge is -2.35. The van der Waals surface area contributed by atoms with Crippen LogP contribution in [0.25, 0.3) is 0 Å². The number of hydrogen-bond donors (Lipinski definition) is 1. The highest BCUT2D eigenvalue weighted by Gasteiger charge is 2.23. The Labute approximate surface area is 116 Å². The second-order valence-electron chi connectivity index (χ2n) is 5.32. The first-order chi connectivity index (χ1) is 9.33. The maximum absolute atomic E-state index is 14.1. The molecule has 0 bridgehead atoms. The maximum Gasteiger partial charge on any atom is 0.127 e. The van der Waals surface area contributed by atoms with Gasteiger partial charge >= 0.3 is 0 Å². The van der Waals surface area contributed by atoms with Gasteiger partial charge in [-0.05, 0) is 12.5 Å².